The predicted molar refractivity (Wildman–Crippen MR) is 183 cm³/mol. The molecule has 3 N–H and O–H groups in total. The van der Waals surface area contributed by atoms with Gasteiger partial charge in [-0.15, -0.1) is 0 Å². The van der Waals surface area contributed by atoms with Crippen LogP contribution in [0.25, 0.3) is 0 Å². The van der Waals surface area contributed by atoms with Gasteiger partial charge in [-0.25, -0.2) is 9.59 Å². The molecule has 47 heavy (non-hydrogen) atoms. The van der Waals surface area contributed by atoms with Crippen molar-refractivity contribution < 1.29 is 28.9 Å². The van der Waals surface area contributed by atoms with E-state index in [1.165, 1.54) is 38.5 Å². The van der Waals surface area contributed by atoms with E-state index in [2.05, 4.69) is 45.3 Å². The van der Waals surface area contributed by atoms with Crippen LogP contribution in [0.5, 0.6) is 0 Å². The molecule has 2 spiro atoms. The van der Waals surface area contributed by atoms with E-state index in [-0.39, 0.29) is 64.1 Å². The number of carbonyl (C=O) groups is 2. The van der Waals surface area contributed by atoms with Gasteiger partial charge in [0.1, 0.15) is 12.2 Å². The summed E-state index contributed by atoms with van der Waals surface area (Å²) in [4.78, 5) is 27.4. The summed E-state index contributed by atoms with van der Waals surface area (Å²) < 4.78 is 19.3. The fourth-order valence-corrected chi connectivity index (χ4v) is 13.5. The minimum atomic E-state index is -0.235. The third kappa shape index (κ3) is 4.94. The van der Waals surface area contributed by atoms with Gasteiger partial charge >= 0.3 is 12.2 Å². The summed E-state index contributed by atoms with van der Waals surface area (Å²) >= 11 is 5.71. The highest BCUT2D eigenvalue weighted by atomic mass is 32.1. The van der Waals surface area contributed by atoms with Gasteiger partial charge in [0.2, 0.25) is 0 Å². The molecule has 266 valence electrons. The number of thiol groups is 1. The SMILES string of the molecule is CC(C)[C@@H](OC(=O)N1CCC1)C1CCC2C(C[C@@]3(C)C4CC[C@H]5C(C)(C)[C@@H](OC(=O)NC6CNC6)CC[C@@]56C[C@@]46CC[C@]23S)O1.CO. The van der Waals surface area contributed by atoms with Crippen LogP contribution in [-0.2, 0) is 14.2 Å². The molecule has 0 aromatic rings. The normalized spacial score (nSPS) is 46.4. The highest BCUT2D eigenvalue weighted by Gasteiger charge is 2.83. The van der Waals surface area contributed by atoms with E-state index in [4.69, 9.17) is 31.9 Å². The smallest absolute Gasteiger partial charge is 0.410 e. The molecule has 0 bridgehead atoms. The van der Waals surface area contributed by atoms with Crippen LogP contribution >= 0.6 is 12.6 Å². The lowest BCUT2D eigenvalue weighted by Gasteiger charge is -2.62. The van der Waals surface area contributed by atoms with Crippen LogP contribution < -0.4 is 10.6 Å². The van der Waals surface area contributed by atoms with E-state index in [1.807, 2.05) is 4.90 Å². The molecule has 8 aliphatic rings. The molecule has 9 nitrogen and oxygen atoms in total. The molecular weight excluding hydrogens is 614 g/mol. The Balaban J connectivity index is 0.00000172. The number of fused-ring (bicyclic) bond motifs is 4. The Bertz CT molecular complexity index is 1230. The van der Waals surface area contributed by atoms with E-state index in [0.717, 1.165) is 65.4 Å². The van der Waals surface area contributed by atoms with Crippen LogP contribution in [0.2, 0.25) is 0 Å². The molecule has 4 unspecified atom stereocenters. The zero-order valence-corrected chi connectivity index (χ0v) is 30.6. The number of hydrogen-bond acceptors (Lipinski definition) is 8. The Labute approximate surface area is 287 Å². The Morgan fingerprint density at radius 3 is 2.32 bits per heavy atom. The van der Waals surface area contributed by atoms with Gasteiger partial charge in [-0.05, 0) is 105 Å². The first-order chi connectivity index (χ1) is 22.3. The van der Waals surface area contributed by atoms with Crippen LogP contribution in [0.1, 0.15) is 105 Å². The lowest BCUT2D eigenvalue weighted by Crippen LogP contribution is -2.60. The van der Waals surface area contributed by atoms with E-state index in [0.29, 0.717) is 28.6 Å². The molecular formula is C37H61N3O6S. The van der Waals surface area contributed by atoms with Gasteiger partial charge in [0.25, 0.3) is 0 Å². The minimum Gasteiger partial charge on any atom is -0.446 e. The molecule has 5 saturated carbocycles. The lowest BCUT2D eigenvalue weighted by atomic mass is 9.45. The van der Waals surface area contributed by atoms with E-state index >= 15 is 0 Å². The van der Waals surface area contributed by atoms with E-state index < -0.39 is 0 Å². The number of aliphatic hydroxyl groups excluding tert-OH is 1. The van der Waals surface area contributed by atoms with Crippen LogP contribution in [0.15, 0.2) is 0 Å². The highest BCUT2D eigenvalue weighted by Crippen LogP contribution is 2.88. The molecule has 0 aromatic carbocycles. The topological polar surface area (TPSA) is 109 Å². The molecule has 3 heterocycles. The average molecular weight is 676 g/mol. The highest BCUT2D eigenvalue weighted by molar-refractivity contribution is 7.81. The van der Waals surface area contributed by atoms with Crippen molar-refractivity contribution in [2.45, 2.75) is 140 Å². The van der Waals surface area contributed by atoms with Gasteiger partial charge in [-0.1, -0.05) is 34.6 Å². The van der Waals surface area contributed by atoms with Gasteiger partial charge in [0.05, 0.1) is 18.2 Å². The quantitative estimate of drug-likeness (QED) is 0.274. The first-order valence-electron chi connectivity index (χ1n) is 18.8. The summed E-state index contributed by atoms with van der Waals surface area (Å²) in [6, 6.07) is 0.202. The largest absolute Gasteiger partial charge is 0.446 e. The maximum absolute atomic E-state index is 12.8. The number of nitrogens with one attached hydrogen (secondary N) is 2. The van der Waals surface area contributed by atoms with E-state index in [9.17, 15) is 9.59 Å². The number of likely N-dealkylation sites (tertiary alicyclic amines) is 1. The lowest BCUT2D eigenvalue weighted by molar-refractivity contribution is -0.138. The Hall–Kier alpha value is -1.23. The maximum Gasteiger partial charge on any atom is 0.410 e. The molecule has 0 aromatic heterocycles. The Kier molecular flexibility index (Phi) is 8.69. The number of nitrogens with zero attached hydrogens (tertiary/aromatic N) is 1. The first-order valence-corrected chi connectivity index (χ1v) is 19.3. The standard InChI is InChI=1S/C36H57N3O5S.CH4O/c1-21(2)29(44-31(41)39-15-6-16-39)24-8-7-23-25(42-24)17-33(5)27-10-9-26-32(3,4)28(43-30(40)38-22-18-37-19-22)11-12-34(26)20-35(27,34)13-14-36(23,33)45;1-2/h21-29,37,45H,6-20H2,1-5H3,(H,38,40);2H,1H3/t23?,24?,25?,26-,27?,28-,29+,33-,34+,35-,36-;/m0./s1. The zero-order valence-electron chi connectivity index (χ0n) is 29.7. The van der Waals surface area contributed by atoms with Crippen molar-refractivity contribution in [1.82, 2.24) is 15.5 Å². The molecule has 2 amide bonds. The molecule has 10 heteroatoms. The average Bonchev–Trinajstić information content (AvgIpc) is 3.59. The maximum atomic E-state index is 12.8. The van der Waals surface area contributed by atoms with Gasteiger partial charge in [0.15, 0.2) is 0 Å². The summed E-state index contributed by atoms with van der Waals surface area (Å²) in [5, 5.41) is 13.3. The van der Waals surface area contributed by atoms with Crippen molar-refractivity contribution in [3.05, 3.63) is 0 Å². The van der Waals surface area contributed by atoms with Crippen LogP contribution in [0.4, 0.5) is 9.59 Å². The third-order valence-corrected chi connectivity index (χ3v) is 16.5. The first kappa shape index (κ1) is 34.2. The molecule has 5 aliphatic carbocycles. The molecule has 8 rings (SSSR count). The van der Waals surface area contributed by atoms with Crippen LogP contribution in [0.3, 0.4) is 0 Å². The van der Waals surface area contributed by atoms with Gasteiger partial charge in [-0.3, -0.25) is 0 Å². The molecule has 3 saturated heterocycles. The minimum absolute atomic E-state index is 0.0128. The number of alkyl carbamates (subject to hydrolysis) is 1. The fraction of sp³-hybridized carbons (Fsp3) is 0.946. The summed E-state index contributed by atoms with van der Waals surface area (Å²) in [6.45, 7) is 15.0. The number of aliphatic hydroxyl groups is 1. The Morgan fingerprint density at radius 2 is 1.68 bits per heavy atom. The fourth-order valence-electron chi connectivity index (χ4n) is 12.9. The second kappa shape index (κ2) is 11.9. The van der Waals surface area contributed by atoms with Crippen molar-refractivity contribution >= 4 is 24.8 Å². The summed E-state index contributed by atoms with van der Waals surface area (Å²) in [6.07, 6.45) is 12.1. The van der Waals surface area contributed by atoms with Crippen molar-refractivity contribution in [2.24, 2.45) is 45.3 Å². The van der Waals surface area contributed by atoms with Crippen molar-refractivity contribution in [2.75, 3.05) is 33.3 Å². The van der Waals surface area contributed by atoms with E-state index in [1.54, 1.807) is 0 Å². The van der Waals surface area contributed by atoms with Crippen molar-refractivity contribution in [3.8, 4) is 0 Å². The summed E-state index contributed by atoms with van der Waals surface area (Å²) in [7, 11) is 1.00. The van der Waals surface area contributed by atoms with Crippen molar-refractivity contribution in [3.63, 3.8) is 0 Å². The number of amides is 2. The monoisotopic (exact) mass is 675 g/mol. The van der Waals surface area contributed by atoms with Gasteiger partial charge in [0, 0.05) is 49.4 Å². The summed E-state index contributed by atoms with van der Waals surface area (Å²) in [5.41, 5.74) is 0.858. The number of rotatable bonds is 5. The van der Waals surface area contributed by atoms with Crippen LogP contribution in [-0.4, -0.2) is 90.7 Å². The van der Waals surface area contributed by atoms with Gasteiger partial charge in [-0.2, -0.15) is 12.6 Å². The number of hydrogen-bond donors (Lipinski definition) is 4. The van der Waals surface area contributed by atoms with Crippen molar-refractivity contribution in [1.29, 1.82) is 0 Å². The second-order valence-corrected chi connectivity index (χ2v) is 18.6. The molecule has 3 aliphatic heterocycles. The third-order valence-electron chi connectivity index (χ3n) is 15.4. The second-order valence-electron chi connectivity index (χ2n) is 17.8. The number of ether oxygens (including phenoxy) is 3. The predicted octanol–water partition coefficient (Wildman–Crippen LogP) is 5.79. The van der Waals surface area contributed by atoms with Gasteiger partial charge < -0.3 is 34.9 Å². The summed E-state index contributed by atoms with van der Waals surface area (Å²) in [5.74, 6) is 1.92. The molecule has 11 atom stereocenters. The molecule has 8 fully saturated rings. The van der Waals surface area contributed by atoms with Crippen LogP contribution in [0, 0.1) is 45.3 Å². The number of carbonyl (C=O) groups excluding carboxylic acids is 2. The zero-order chi connectivity index (χ0) is 33.6. The Morgan fingerprint density at radius 1 is 0.979 bits per heavy atom. The molecule has 0 radical (unpaired) electrons.